The first kappa shape index (κ1) is 31.8. The van der Waals surface area contributed by atoms with Gasteiger partial charge in [-0.3, -0.25) is 14.4 Å². The molecular formula is C33H44N4O6. The predicted molar refractivity (Wildman–Crippen MR) is 163 cm³/mol. The molecule has 2 aliphatic heterocycles. The van der Waals surface area contributed by atoms with Crippen LogP contribution in [0.3, 0.4) is 0 Å². The van der Waals surface area contributed by atoms with Crippen LogP contribution in [0.1, 0.15) is 68.8 Å². The minimum Gasteiger partial charge on any atom is -0.491 e. The zero-order chi connectivity index (χ0) is 31.0. The number of hydrogen-bond acceptors (Lipinski definition) is 6. The number of aryl methyl sites for hydroxylation is 1. The molecule has 2 bridgehead atoms. The lowest BCUT2D eigenvalue weighted by Crippen LogP contribution is -2.51. The molecule has 0 saturated carbocycles. The predicted octanol–water partition coefficient (Wildman–Crippen LogP) is 3.93. The van der Waals surface area contributed by atoms with Gasteiger partial charge in [0, 0.05) is 32.1 Å². The zero-order valence-corrected chi connectivity index (χ0v) is 25.6. The van der Waals surface area contributed by atoms with E-state index in [2.05, 4.69) is 10.6 Å². The maximum absolute atomic E-state index is 14.1. The lowest BCUT2D eigenvalue weighted by Gasteiger charge is -2.29. The molecular weight excluding hydrogens is 548 g/mol. The number of hydrogen-bond donors (Lipinski definition) is 2. The molecule has 0 aromatic heterocycles. The van der Waals surface area contributed by atoms with E-state index in [-0.39, 0.29) is 49.4 Å². The van der Waals surface area contributed by atoms with Crippen molar-refractivity contribution in [3.63, 3.8) is 0 Å². The fourth-order valence-corrected chi connectivity index (χ4v) is 5.48. The number of nitrogens with zero attached hydrogens (tertiary/aromatic N) is 2. The molecule has 2 heterocycles. The van der Waals surface area contributed by atoms with E-state index in [1.807, 2.05) is 30.3 Å². The highest BCUT2D eigenvalue weighted by molar-refractivity contribution is 5.94. The van der Waals surface area contributed by atoms with Gasteiger partial charge in [0.1, 0.15) is 24.0 Å². The van der Waals surface area contributed by atoms with E-state index >= 15 is 0 Å². The topological polar surface area (TPSA) is 117 Å². The molecule has 232 valence electrons. The Morgan fingerprint density at radius 1 is 1.02 bits per heavy atom. The summed E-state index contributed by atoms with van der Waals surface area (Å²) in [4.78, 5) is 56.1. The van der Waals surface area contributed by atoms with E-state index in [1.165, 1.54) is 0 Å². The molecule has 0 aliphatic carbocycles. The summed E-state index contributed by atoms with van der Waals surface area (Å²) in [6, 6.07) is 15.3. The summed E-state index contributed by atoms with van der Waals surface area (Å²) < 4.78 is 11.6. The number of fused-ring (bicyclic) bond motifs is 3. The number of rotatable bonds is 5. The lowest BCUT2D eigenvalue weighted by atomic mass is 10.1. The highest BCUT2D eigenvalue weighted by Crippen LogP contribution is 2.24. The van der Waals surface area contributed by atoms with Crippen molar-refractivity contribution in [1.82, 2.24) is 20.4 Å². The van der Waals surface area contributed by atoms with Crippen LogP contribution in [0.4, 0.5) is 4.79 Å². The van der Waals surface area contributed by atoms with Crippen molar-refractivity contribution in [1.29, 1.82) is 0 Å². The van der Waals surface area contributed by atoms with Gasteiger partial charge in [0.15, 0.2) is 0 Å². The van der Waals surface area contributed by atoms with Crippen LogP contribution in [-0.2, 0) is 20.7 Å². The van der Waals surface area contributed by atoms with Gasteiger partial charge in [0.25, 0.3) is 5.91 Å². The van der Waals surface area contributed by atoms with E-state index in [4.69, 9.17) is 9.47 Å². The molecule has 1 fully saturated rings. The van der Waals surface area contributed by atoms with Gasteiger partial charge in [0.05, 0.1) is 12.1 Å². The third kappa shape index (κ3) is 9.46. The van der Waals surface area contributed by atoms with Crippen molar-refractivity contribution in [2.24, 2.45) is 0 Å². The van der Waals surface area contributed by atoms with Crippen LogP contribution in [0, 0.1) is 0 Å². The number of alkyl carbamates (subject to hydrolysis) is 1. The van der Waals surface area contributed by atoms with Crippen LogP contribution in [0.15, 0.2) is 54.6 Å². The molecule has 43 heavy (non-hydrogen) atoms. The molecule has 3 atom stereocenters. The molecule has 4 rings (SSSR count). The summed E-state index contributed by atoms with van der Waals surface area (Å²) in [5.41, 5.74) is 0.926. The normalized spacial score (nSPS) is 21.6. The number of ether oxygens (including phenoxy) is 2. The second-order valence-electron chi connectivity index (χ2n) is 12.4. The minimum absolute atomic E-state index is 0.105. The summed E-state index contributed by atoms with van der Waals surface area (Å²) in [5, 5.41) is 5.89. The van der Waals surface area contributed by atoms with E-state index in [0.717, 1.165) is 5.56 Å². The van der Waals surface area contributed by atoms with Gasteiger partial charge in [-0.2, -0.15) is 0 Å². The molecule has 10 heteroatoms. The Morgan fingerprint density at radius 2 is 1.79 bits per heavy atom. The molecule has 0 spiro atoms. The summed E-state index contributed by atoms with van der Waals surface area (Å²) in [7, 11) is 1.76. The summed E-state index contributed by atoms with van der Waals surface area (Å²) >= 11 is 0. The summed E-state index contributed by atoms with van der Waals surface area (Å²) in [6.07, 6.45) is 2.49. The SMILES string of the molecule is CN1CCCC[C@H](NC(=O)CCc2ccccc2)C(=O)N2C[C@@H](NC(=O)OC(C)(C)C)C[C@H]2COc2cccc(c2)C1=O. The van der Waals surface area contributed by atoms with E-state index < -0.39 is 17.7 Å². The number of benzene rings is 2. The first-order valence-electron chi connectivity index (χ1n) is 15.1. The molecule has 1 saturated heterocycles. The second kappa shape index (κ2) is 14.4. The Labute approximate surface area is 254 Å². The third-order valence-electron chi connectivity index (χ3n) is 7.64. The van der Waals surface area contributed by atoms with Gasteiger partial charge < -0.3 is 29.9 Å². The Kier molecular flexibility index (Phi) is 10.7. The highest BCUT2D eigenvalue weighted by atomic mass is 16.6. The zero-order valence-electron chi connectivity index (χ0n) is 25.6. The monoisotopic (exact) mass is 592 g/mol. The van der Waals surface area contributed by atoms with Crippen LogP contribution in [0.25, 0.3) is 0 Å². The molecule has 10 nitrogen and oxygen atoms in total. The van der Waals surface area contributed by atoms with Gasteiger partial charge >= 0.3 is 6.09 Å². The van der Waals surface area contributed by atoms with Crippen LogP contribution in [0.2, 0.25) is 0 Å². The van der Waals surface area contributed by atoms with E-state index in [1.54, 1.807) is 61.9 Å². The number of carbonyl (C=O) groups excluding carboxylic acids is 4. The van der Waals surface area contributed by atoms with Crippen molar-refractivity contribution in [3.8, 4) is 5.75 Å². The summed E-state index contributed by atoms with van der Waals surface area (Å²) in [5.74, 6) is 0.0178. The van der Waals surface area contributed by atoms with Gasteiger partial charge in [0.2, 0.25) is 11.8 Å². The maximum atomic E-state index is 14.1. The van der Waals surface area contributed by atoms with Gasteiger partial charge in [-0.25, -0.2) is 4.79 Å². The van der Waals surface area contributed by atoms with Crippen molar-refractivity contribution < 1.29 is 28.7 Å². The van der Waals surface area contributed by atoms with Crippen molar-refractivity contribution >= 4 is 23.8 Å². The summed E-state index contributed by atoms with van der Waals surface area (Å²) in [6.45, 7) is 6.34. The first-order valence-corrected chi connectivity index (χ1v) is 15.1. The number of carbonyl (C=O) groups is 4. The largest absolute Gasteiger partial charge is 0.491 e. The van der Waals surface area contributed by atoms with Crippen molar-refractivity contribution in [3.05, 3.63) is 65.7 Å². The maximum Gasteiger partial charge on any atom is 0.407 e. The fraction of sp³-hybridized carbons (Fsp3) is 0.515. The molecule has 2 aromatic rings. The number of nitrogens with one attached hydrogen (secondary N) is 2. The van der Waals surface area contributed by atoms with Crippen LogP contribution in [0.5, 0.6) is 5.75 Å². The van der Waals surface area contributed by atoms with Gasteiger partial charge in [-0.05, 0) is 76.6 Å². The average Bonchev–Trinajstić information content (AvgIpc) is 3.37. The fourth-order valence-electron chi connectivity index (χ4n) is 5.48. The van der Waals surface area contributed by atoms with Gasteiger partial charge in [-0.15, -0.1) is 0 Å². The first-order chi connectivity index (χ1) is 20.5. The third-order valence-corrected chi connectivity index (χ3v) is 7.64. The molecule has 4 amide bonds. The molecule has 2 aromatic carbocycles. The quantitative estimate of drug-likeness (QED) is 0.544. The Hall–Kier alpha value is -4.08. The smallest absolute Gasteiger partial charge is 0.407 e. The van der Waals surface area contributed by atoms with E-state index in [9.17, 15) is 19.2 Å². The highest BCUT2D eigenvalue weighted by Gasteiger charge is 2.40. The van der Waals surface area contributed by atoms with Crippen molar-refractivity contribution in [2.45, 2.75) is 83.0 Å². The van der Waals surface area contributed by atoms with Crippen LogP contribution in [-0.4, -0.2) is 84.1 Å². The van der Waals surface area contributed by atoms with Crippen LogP contribution < -0.4 is 15.4 Å². The van der Waals surface area contributed by atoms with Crippen molar-refractivity contribution in [2.75, 3.05) is 26.7 Å². The standard InChI is InChI=1S/C33H44N4O6/c1-33(2,3)43-32(41)34-25-20-26-22-42-27-14-10-13-24(19-27)30(39)36(4)18-9-8-15-28(31(40)37(26)21-25)35-29(38)17-16-23-11-6-5-7-12-23/h5-7,10-14,19,25-26,28H,8-9,15-18,20-22H2,1-4H3,(H,34,41)(H,35,38)/t25-,26-,28-/m0/s1. The molecule has 2 aliphatic rings. The second-order valence-corrected chi connectivity index (χ2v) is 12.4. The van der Waals surface area contributed by atoms with Crippen LogP contribution >= 0.6 is 0 Å². The lowest BCUT2D eigenvalue weighted by molar-refractivity contribution is -0.138. The molecule has 2 N–H and O–H groups in total. The molecule has 0 unspecified atom stereocenters. The Balaban J connectivity index is 1.53. The molecule has 0 radical (unpaired) electrons. The Bertz CT molecular complexity index is 1280. The number of amides is 4. The average molecular weight is 593 g/mol. The Morgan fingerprint density at radius 3 is 2.53 bits per heavy atom. The van der Waals surface area contributed by atoms with E-state index in [0.29, 0.717) is 50.0 Å². The minimum atomic E-state index is -0.738. The van der Waals surface area contributed by atoms with Gasteiger partial charge in [-0.1, -0.05) is 36.4 Å².